The number of rotatable bonds is 5. The highest BCUT2D eigenvalue weighted by atomic mass is 16.5. The quantitative estimate of drug-likeness (QED) is 0.541. The lowest BCUT2D eigenvalue weighted by molar-refractivity contribution is 0.102. The molecule has 6 heteroatoms. The summed E-state index contributed by atoms with van der Waals surface area (Å²) < 4.78 is 7.40. The molecule has 4 rings (SSSR count). The average Bonchev–Trinajstić information content (AvgIpc) is 3.14. The van der Waals surface area contributed by atoms with Crippen molar-refractivity contribution in [3.05, 3.63) is 72.7 Å². The van der Waals surface area contributed by atoms with Crippen LogP contribution in [0.15, 0.2) is 67.1 Å². The Bertz CT molecular complexity index is 1160. The SMILES string of the molecule is CC(C)Oc1ccc(C(=O)Nc2cccc3c(-c4cnn(C)c4)ccnc23)cc1. The Kier molecular flexibility index (Phi) is 4.99. The largest absolute Gasteiger partial charge is 0.491 e. The highest BCUT2D eigenvalue weighted by molar-refractivity contribution is 6.10. The number of nitrogens with one attached hydrogen (secondary N) is 1. The highest BCUT2D eigenvalue weighted by Crippen LogP contribution is 2.31. The van der Waals surface area contributed by atoms with E-state index < -0.39 is 0 Å². The lowest BCUT2D eigenvalue weighted by atomic mass is 10.0. The number of pyridine rings is 1. The van der Waals surface area contributed by atoms with Crippen molar-refractivity contribution >= 4 is 22.5 Å². The molecule has 2 aromatic heterocycles. The smallest absolute Gasteiger partial charge is 0.255 e. The summed E-state index contributed by atoms with van der Waals surface area (Å²) in [7, 11) is 1.88. The molecule has 0 bridgehead atoms. The second-order valence-electron chi connectivity index (χ2n) is 7.11. The Balaban J connectivity index is 1.64. The molecule has 1 amide bonds. The van der Waals surface area contributed by atoms with Gasteiger partial charge in [0, 0.05) is 36.0 Å². The van der Waals surface area contributed by atoms with E-state index in [2.05, 4.69) is 15.4 Å². The van der Waals surface area contributed by atoms with E-state index in [-0.39, 0.29) is 12.0 Å². The van der Waals surface area contributed by atoms with Crippen LogP contribution in [-0.2, 0) is 7.05 Å². The second-order valence-corrected chi connectivity index (χ2v) is 7.11. The summed E-state index contributed by atoms with van der Waals surface area (Å²) in [4.78, 5) is 17.3. The lowest BCUT2D eigenvalue weighted by Gasteiger charge is -2.12. The van der Waals surface area contributed by atoms with Gasteiger partial charge in [0.2, 0.25) is 0 Å². The molecule has 0 aliphatic heterocycles. The molecule has 0 saturated heterocycles. The first-order chi connectivity index (χ1) is 14.0. The normalized spacial score (nSPS) is 11.0. The van der Waals surface area contributed by atoms with Crippen molar-refractivity contribution in [1.82, 2.24) is 14.8 Å². The molecule has 0 spiro atoms. The van der Waals surface area contributed by atoms with Gasteiger partial charge in [-0.15, -0.1) is 0 Å². The first kappa shape index (κ1) is 18.7. The minimum atomic E-state index is -0.192. The zero-order chi connectivity index (χ0) is 20.4. The van der Waals surface area contributed by atoms with Crippen LogP contribution in [0.5, 0.6) is 5.75 Å². The van der Waals surface area contributed by atoms with Crippen molar-refractivity contribution in [3.8, 4) is 16.9 Å². The summed E-state index contributed by atoms with van der Waals surface area (Å²) >= 11 is 0. The highest BCUT2D eigenvalue weighted by Gasteiger charge is 2.12. The molecule has 4 aromatic rings. The average molecular weight is 386 g/mol. The van der Waals surface area contributed by atoms with Crippen LogP contribution in [0.1, 0.15) is 24.2 Å². The predicted molar refractivity (Wildman–Crippen MR) is 114 cm³/mol. The molecule has 29 heavy (non-hydrogen) atoms. The van der Waals surface area contributed by atoms with E-state index in [4.69, 9.17) is 4.74 Å². The van der Waals surface area contributed by atoms with Gasteiger partial charge in [-0.2, -0.15) is 5.10 Å². The maximum absolute atomic E-state index is 12.8. The fourth-order valence-electron chi connectivity index (χ4n) is 3.24. The van der Waals surface area contributed by atoms with Crippen molar-refractivity contribution in [1.29, 1.82) is 0 Å². The number of hydrogen-bond donors (Lipinski definition) is 1. The molecule has 0 unspecified atom stereocenters. The number of aromatic nitrogens is 3. The lowest BCUT2D eigenvalue weighted by Crippen LogP contribution is -2.12. The molecular formula is C23H22N4O2. The van der Waals surface area contributed by atoms with Crippen molar-refractivity contribution in [2.45, 2.75) is 20.0 Å². The van der Waals surface area contributed by atoms with E-state index in [9.17, 15) is 4.79 Å². The zero-order valence-electron chi connectivity index (χ0n) is 16.6. The number of hydrogen-bond acceptors (Lipinski definition) is 4. The van der Waals surface area contributed by atoms with Gasteiger partial charge in [-0.3, -0.25) is 14.5 Å². The number of carbonyl (C=O) groups is 1. The fraction of sp³-hybridized carbons (Fsp3) is 0.174. The number of fused-ring (bicyclic) bond motifs is 1. The molecule has 0 aliphatic carbocycles. The number of ether oxygens (including phenoxy) is 1. The number of para-hydroxylation sites is 1. The van der Waals surface area contributed by atoms with Crippen molar-refractivity contribution < 1.29 is 9.53 Å². The summed E-state index contributed by atoms with van der Waals surface area (Å²) in [5.74, 6) is 0.548. The molecular weight excluding hydrogens is 364 g/mol. The maximum Gasteiger partial charge on any atom is 0.255 e. The Morgan fingerprint density at radius 2 is 1.90 bits per heavy atom. The minimum absolute atomic E-state index is 0.0884. The zero-order valence-corrected chi connectivity index (χ0v) is 16.6. The number of carbonyl (C=O) groups excluding carboxylic acids is 1. The van der Waals surface area contributed by atoms with Crippen LogP contribution in [0, 0.1) is 0 Å². The molecule has 2 heterocycles. The molecule has 6 nitrogen and oxygen atoms in total. The van der Waals surface area contributed by atoms with E-state index in [1.807, 2.05) is 57.6 Å². The van der Waals surface area contributed by atoms with Gasteiger partial charge in [-0.25, -0.2) is 0 Å². The van der Waals surface area contributed by atoms with Crippen LogP contribution >= 0.6 is 0 Å². The van der Waals surface area contributed by atoms with Crippen LogP contribution in [0.2, 0.25) is 0 Å². The van der Waals surface area contributed by atoms with Gasteiger partial charge in [0.25, 0.3) is 5.91 Å². The van der Waals surface area contributed by atoms with E-state index >= 15 is 0 Å². The van der Waals surface area contributed by atoms with Gasteiger partial charge in [0.1, 0.15) is 5.75 Å². The number of anilines is 1. The molecule has 0 atom stereocenters. The van der Waals surface area contributed by atoms with Crippen LogP contribution in [0.4, 0.5) is 5.69 Å². The van der Waals surface area contributed by atoms with Crippen LogP contribution in [0.3, 0.4) is 0 Å². The van der Waals surface area contributed by atoms with Crippen LogP contribution < -0.4 is 10.1 Å². The molecule has 2 aromatic carbocycles. The van der Waals surface area contributed by atoms with E-state index in [0.717, 1.165) is 27.8 Å². The Hall–Kier alpha value is -3.67. The summed E-state index contributed by atoms with van der Waals surface area (Å²) in [6.45, 7) is 3.93. The van der Waals surface area contributed by atoms with Crippen molar-refractivity contribution in [3.63, 3.8) is 0 Å². The van der Waals surface area contributed by atoms with Gasteiger partial charge < -0.3 is 10.1 Å². The summed E-state index contributed by atoms with van der Waals surface area (Å²) in [5, 5.41) is 8.19. The topological polar surface area (TPSA) is 69.0 Å². The molecule has 0 fully saturated rings. The number of nitrogens with zero attached hydrogens (tertiary/aromatic N) is 3. The Morgan fingerprint density at radius 1 is 1.10 bits per heavy atom. The third-order valence-corrected chi connectivity index (χ3v) is 4.52. The Morgan fingerprint density at radius 3 is 2.59 bits per heavy atom. The van der Waals surface area contributed by atoms with Gasteiger partial charge in [-0.1, -0.05) is 12.1 Å². The number of aryl methyl sites for hydroxylation is 1. The van der Waals surface area contributed by atoms with Crippen molar-refractivity contribution in [2.24, 2.45) is 7.05 Å². The summed E-state index contributed by atoms with van der Waals surface area (Å²) in [6.07, 6.45) is 5.62. The third-order valence-electron chi connectivity index (χ3n) is 4.52. The monoisotopic (exact) mass is 386 g/mol. The Labute approximate surface area is 169 Å². The first-order valence-corrected chi connectivity index (χ1v) is 9.46. The van der Waals surface area contributed by atoms with E-state index in [1.165, 1.54) is 0 Å². The van der Waals surface area contributed by atoms with Crippen LogP contribution in [0.25, 0.3) is 22.0 Å². The van der Waals surface area contributed by atoms with Gasteiger partial charge >= 0.3 is 0 Å². The van der Waals surface area contributed by atoms with Gasteiger partial charge in [-0.05, 0) is 55.8 Å². The minimum Gasteiger partial charge on any atom is -0.491 e. The number of amides is 1. The first-order valence-electron chi connectivity index (χ1n) is 9.46. The maximum atomic E-state index is 12.8. The van der Waals surface area contributed by atoms with E-state index in [1.54, 1.807) is 35.1 Å². The van der Waals surface area contributed by atoms with Gasteiger partial charge in [0.05, 0.1) is 23.5 Å². The standard InChI is InChI=1S/C23H22N4O2/c1-15(2)29-18-9-7-16(8-10-18)23(28)26-21-6-4-5-20-19(11-12-24-22(20)21)17-13-25-27(3)14-17/h4-15H,1-3H3,(H,26,28). The summed E-state index contributed by atoms with van der Waals surface area (Å²) in [6, 6.07) is 14.8. The van der Waals surface area contributed by atoms with Crippen LogP contribution in [-0.4, -0.2) is 26.8 Å². The second kappa shape index (κ2) is 7.75. The fourth-order valence-corrected chi connectivity index (χ4v) is 3.24. The molecule has 0 aliphatic rings. The predicted octanol–water partition coefficient (Wildman–Crippen LogP) is 4.67. The third kappa shape index (κ3) is 3.96. The molecule has 1 N–H and O–H groups in total. The van der Waals surface area contributed by atoms with Gasteiger partial charge in [0.15, 0.2) is 0 Å². The molecule has 0 saturated carbocycles. The summed E-state index contributed by atoms with van der Waals surface area (Å²) in [5.41, 5.74) is 3.99. The van der Waals surface area contributed by atoms with E-state index in [0.29, 0.717) is 11.3 Å². The molecule has 0 radical (unpaired) electrons. The molecule has 146 valence electrons. The van der Waals surface area contributed by atoms with Crippen molar-refractivity contribution in [2.75, 3.05) is 5.32 Å². The number of benzene rings is 2.